The summed E-state index contributed by atoms with van der Waals surface area (Å²) < 4.78 is 1.01. The maximum Gasteiger partial charge on any atom is 0.239 e. The fourth-order valence-electron chi connectivity index (χ4n) is 2.11. The molecule has 3 N–H and O–H groups in total. The van der Waals surface area contributed by atoms with Crippen LogP contribution in [0.4, 0.5) is 0 Å². The summed E-state index contributed by atoms with van der Waals surface area (Å²) >= 11 is 3.45. The highest BCUT2D eigenvalue weighted by atomic mass is 79.9. The molecule has 0 saturated carbocycles. The van der Waals surface area contributed by atoms with E-state index in [1.54, 1.807) is 0 Å². The number of carbonyl (C=O) groups excluding carboxylic acids is 1. The Balaban J connectivity index is 2.19. The maximum atomic E-state index is 11.7. The second kappa shape index (κ2) is 6.68. The number of nitrogens with one attached hydrogen (secondary N) is 1. The van der Waals surface area contributed by atoms with Gasteiger partial charge < -0.3 is 5.73 Å². The highest BCUT2D eigenvalue weighted by Gasteiger charge is 2.20. The smallest absolute Gasteiger partial charge is 0.239 e. The van der Waals surface area contributed by atoms with E-state index in [-0.39, 0.29) is 11.9 Å². The van der Waals surface area contributed by atoms with E-state index in [4.69, 9.17) is 5.73 Å². The second-order valence-corrected chi connectivity index (χ2v) is 5.61. The van der Waals surface area contributed by atoms with E-state index in [1.807, 2.05) is 61.5 Å². The number of nitrogens with two attached hydrogens (primary N) is 1. The van der Waals surface area contributed by atoms with Crippen LogP contribution in [-0.4, -0.2) is 5.91 Å². The van der Waals surface area contributed by atoms with Crippen molar-refractivity contribution in [2.24, 2.45) is 5.73 Å². The Morgan fingerprint density at radius 2 is 1.75 bits per heavy atom. The molecule has 0 unspecified atom stereocenters. The van der Waals surface area contributed by atoms with Crippen molar-refractivity contribution in [2.75, 3.05) is 0 Å². The van der Waals surface area contributed by atoms with Gasteiger partial charge in [0.1, 0.15) is 6.04 Å². The minimum atomic E-state index is -0.495. The largest absolute Gasteiger partial charge is 0.368 e. The van der Waals surface area contributed by atoms with E-state index in [0.717, 1.165) is 15.6 Å². The van der Waals surface area contributed by atoms with Gasteiger partial charge >= 0.3 is 0 Å². The number of halogens is 1. The number of amides is 1. The normalized spacial score (nSPS) is 13.7. The first kappa shape index (κ1) is 14.8. The first-order valence-corrected chi connectivity index (χ1v) is 7.23. The van der Waals surface area contributed by atoms with Crippen molar-refractivity contribution in [2.45, 2.75) is 19.0 Å². The summed E-state index contributed by atoms with van der Waals surface area (Å²) in [7, 11) is 0. The zero-order valence-electron chi connectivity index (χ0n) is 11.2. The van der Waals surface area contributed by atoms with Crippen LogP contribution in [0.25, 0.3) is 0 Å². The predicted octanol–water partition coefficient (Wildman–Crippen LogP) is 3.33. The van der Waals surface area contributed by atoms with E-state index in [9.17, 15) is 4.79 Å². The summed E-state index contributed by atoms with van der Waals surface area (Å²) in [6.07, 6.45) is 0. The Labute approximate surface area is 127 Å². The van der Waals surface area contributed by atoms with E-state index < -0.39 is 6.04 Å². The van der Waals surface area contributed by atoms with E-state index in [2.05, 4.69) is 21.2 Å². The Hall–Kier alpha value is -1.65. The van der Waals surface area contributed by atoms with Crippen molar-refractivity contribution < 1.29 is 4.79 Å². The maximum absolute atomic E-state index is 11.7. The van der Waals surface area contributed by atoms with Crippen LogP contribution >= 0.6 is 15.9 Å². The number of carbonyl (C=O) groups is 1. The molecule has 2 rings (SSSR count). The average Bonchev–Trinajstić information content (AvgIpc) is 2.45. The monoisotopic (exact) mass is 332 g/mol. The van der Waals surface area contributed by atoms with Gasteiger partial charge in [-0.2, -0.15) is 0 Å². The van der Waals surface area contributed by atoms with Crippen molar-refractivity contribution in [1.82, 2.24) is 5.32 Å². The van der Waals surface area contributed by atoms with E-state index in [1.165, 1.54) is 0 Å². The summed E-state index contributed by atoms with van der Waals surface area (Å²) in [6.45, 7) is 2.01. The molecule has 2 atom stereocenters. The molecule has 2 aromatic rings. The summed E-state index contributed by atoms with van der Waals surface area (Å²) in [4.78, 5) is 11.7. The molecule has 0 bridgehead atoms. The first-order valence-electron chi connectivity index (χ1n) is 6.43. The Kier molecular flexibility index (Phi) is 4.93. The Bertz CT molecular complexity index is 586. The lowest BCUT2D eigenvalue weighted by Crippen LogP contribution is -2.35. The predicted molar refractivity (Wildman–Crippen MR) is 84.1 cm³/mol. The average molecular weight is 333 g/mol. The molecule has 1 amide bonds. The van der Waals surface area contributed by atoms with Crippen LogP contribution in [0.15, 0.2) is 59.1 Å². The van der Waals surface area contributed by atoms with Gasteiger partial charge in [0.25, 0.3) is 0 Å². The van der Waals surface area contributed by atoms with Crippen molar-refractivity contribution in [3.63, 3.8) is 0 Å². The fourth-order valence-corrected chi connectivity index (χ4v) is 2.53. The van der Waals surface area contributed by atoms with Gasteiger partial charge in [0.15, 0.2) is 0 Å². The number of rotatable bonds is 5. The minimum Gasteiger partial charge on any atom is -0.368 e. The molecule has 104 valence electrons. The SMILES string of the molecule is C[C@H](N[C@H](C(N)=O)c1ccccc1)c1cccc(Br)c1. The highest BCUT2D eigenvalue weighted by Crippen LogP contribution is 2.22. The lowest BCUT2D eigenvalue weighted by molar-refractivity contribution is -0.120. The third kappa shape index (κ3) is 3.68. The molecule has 0 radical (unpaired) electrons. The van der Waals surface area contributed by atoms with Gasteiger partial charge in [0.05, 0.1) is 0 Å². The zero-order chi connectivity index (χ0) is 14.5. The molecule has 3 nitrogen and oxygen atoms in total. The van der Waals surface area contributed by atoms with Crippen LogP contribution in [0.3, 0.4) is 0 Å². The summed E-state index contributed by atoms with van der Waals surface area (Å²) in [5.41, 5.74) is 7.49. The molecule has 0 aliphatic rings. The van der Waals surface area contributed by atoms with Crippen molar-refractivity contribution in [1.29, 1.82) is 0 Å². The van der Waals surface area contributed by atoms with Gasteiger partial charge in [-0.25, -0.2) is 0 Å². The van der Waals surface area contributed by atoms with Crippen molar-refractivity contribution in [3.05, 3.63) is 70.2 Å². The van der Waals surface area contributed by atoms with Gasteiger partial charge in [0.2, 0.25) is 5.91 Å². The molecule has 0 aliphatic carbocycles. The molecule has 0 fully saturated rings. The molecular weight excluding hydrogens is 316 g/mol. The molecule has 0 saturated heterocycles. The van der Waals surface area contributed by atoms with Crippen LogP contribution in [0.5, 0.6) is 0 Å². The third-order valence-corrected chi connectivity index (χ3v) is 3.68. The van der Waals surface area contributed by atoms with Crippen LogP contribution in [0, 0.1) is 0 Å². The van der Waals surface area contributed by atoms with Gasteiger partial charge in [-0.1, -0.05) is 58.4 Å². The van der Waals surface area contributed by atoms with E-state index in [0.29, 0.717) is 0 Å². The molecule has 0 heterocycles. The molecule has 0 spiro atoms. The van der Waals surface area contributed by atoms with Gasteiger partial charge in [-0.05, 0) is 30.2 Å². The number of hydrogen-bond acceptors (Lipinski definition) is 2. The quantitative estimate of drug-likeness (QED) is 0.882. The van der Waals surface area contributed by atoms with Crippen LogP contribution in [0.1, 0.15) is 30.1 Å². The standard InChI is InChI=1S/C16H17BrN2O/c1-11(13-8-5-9-14(17)10-13)19-15(16(18)20)12-6-3-2-4-7-12/h2-11,15,19H,1H3,(H2,18,20)/t11-,15-/m0/s1. The second-order valence-electron chi connectivity index (χ2n) is 4.69. The van der Waals surface area contributed by atoms with Gasteiger partial charge in [-0.15, -0.1) is 0 Å². The summed E-state index contributed by atoms with van der Waals surface area (Å²) in [5, 5.41) is 3.28. The highest BCUT2D eigenvalue weighted by molar-refractivity contribution is 9.10. The minimum absolute atomic E-state index is 0.0187. The van der Waals surface area contributed by atoms with Crippen LogP contribution in [-0.2, 0) is 4.79 Å². The van der Waals surface area contributed by atoms with Crippen LogP contribution < -0.4 is 11.1 Å². The molecule has 2 aromatic carbocycles. The van der Waals surface area contributed by atoms with Crippen molar-refractivity contribution in [3.8, 4) is 0 Å². The lowest BCUT2D eigenvalue weighted by atomic mass is 10.0. The van der Waals surface area contributed by atoms with E-state index >= 15 is 0 Å². The zero-order valence-corrected chi connectivity index (χ0v) is 12.8. The third-order valence-electron chi connectivity index (χ3n) is 3.18. The van der Waals surface area contributed by atoms with Crippen LogP contribution in [0.2, 0.25) is 0 Å². The Morgan fingerprint density at radius 1 is 1.10 bits per heavy atom. The lowest BCUT2D eigenvalue weighted by Gasteiger charge is -2.21. The van der Waals surface area contributed by atoms with Gasteiger partial charge in [-0.3, -0.25) is 10.1 Å². The number of benzene rings is 2. The molecule has 4 heteroatoms. The Morgan fingerprint density at radius 3 is 2.35 bits per heavy atom. The molecule has 0 aromatic heterocycles. The summed E-state index contributed by atoms with van der Waals surface area (Å²) in [6, 6.07) is 17.0. The van der Waals surface area contributed by atoms with Gasteiger partial charge in [0, 0.05) is 10.5 Å². The summed E-state index contributed by atoms with van der Waals surface area (Å²) in [5.74, 6) is -0.377. The number of primary amides is 1. The topological polar surface area (TPSA) is 55.1 Å². The molecular formula is C16H17BrN2O. The fraction of sp³-hybridized carbons (Fsp3) is 0.188. The van der Waals surface area contributed by atoms with Crippen molar-refractivity contribution >= 4 is 21.8 Å². The molecule has 0 aliphatic heterocycles. The first-order chi connectivity index (χ1) is 9.58. The molecule has 20 heavy (non-hydrogen) atoms. The number of hydrogen-bond donors (Lipinski definition) is 2.